The Morgan fingerprint density at radius 2 is 2.00 bits per heavy atom. The van der Waals surface area contributed by atoms with Crippen molar-refractivity contribution in [2.45, 2.75) is 25.9 Å². The van der Waals surface area contributed by atoms with Crippen molar-refractivity contribution in [3.63, 3.8) is 0 Å². The van der Waals surface area contributed by atoms with Gasteiger partial charge in [-0.1, -0.05) is 41.9 Å². The number of hydrogen-bond acceptors (Lipinski definition) is 4. The van der Waals surface area contributed by atoms with Crippen LogP contribution in [0.2, 0.25) is 5.02 Å². The van der Waals surface area contributed by atoms with E-state index in [2.05, 4.69) is 15.4 Å². The van der Waals surface area contributed by atoms with Crippen molar-refractivity contribution in [1.82, 2.24) is 25.0 Å². The number of hydrogen-bond donors (Lipinski definition) is 1. The average molecular weight is 424 g/mol. The van der Waals surface area contributed by atoms with Crippen LogP contribution in [0.3, 0.4) is 0 Å². The molecular formula is C22H22ClN5O2. The molecule has 1 aliphatic rings. The number of rotatable bonds is 6. The molecule has 0 spiro atoms. The molecule has 1 saturated heterocycles. The van der Waals surface area contributed by atoms with Gasteiger partial charge in [-0.2, -0.15) is 5.10 Å². The van der Waals surface area contributed by atoms with E-state index in [-0.39, 0.29) is 30.2 Å². The first-order valence-corrected chi connectivity index (χ1v) is 10.2. The molecule has 3 aromatic rings. The fourth-order valence-electron chi connectivity index (χ4n) is 3.60. The second-order valence-electron chi connectivity index (χ2n) is 7.43. The van der Waals surface area contributed by atoms with Crippen LogP contribution in [-0.2, 0) is 16.1 Å². The molecule has 1 aromatic heterocycles. The molecule has 0 aliphatic carbocycles. The molecule has 2 heterocycles. The minimum absolute atomic E-state index is 0.0279. The zero-order valence-corrected chi connectivity index (χ0v) is 17.3. The predicted octanol–water partition coefficient (Wildman–Crippen LogP) is 3.15. The van der Waals surface area contributed by atoms with Crippen LogP contribution in [-0.4, -0.2) is 38.0 Å². The third-order valence-electron chi connectivity index (χ3n) is 5.34. The fraction of sp³-hybridized carbons (Fsp3) is 0.273. The van der Waals surface area contributed by atoms with Crippen molar-refractivity contribution >= 4 is 23.4 Å². The SMILES string of the molecule is C[C@@H](NC(=O)[C@@H]1CC(=O)N(Cc2ccccc2Cl)C1)c1ccc(-n2cncn2)cc1. The summed E-state index contributed by atoms with van der Waals surface area (Å²) >= 11 is 6.20. The first-order chi connectivity index (χ1) is 14.5. The van der Waals surface area contributed by atoms with Crippen LogP contribution in [0.1, 0.15) is 30.5 Å². The number of amides is 2. The summed E-state index contributed by atoms with van der Waals surface area (Å²) in [5.74, 6) is -0.505. The summed E-state index contributed by atoms with van der Waals surface area (Å²) in [5, 5.41) is 7.76. The Labute approximate surface area is 179 Å². The topological polar surface area (TPSA) is 80.1 Å². The number of nitrogens with one attached hydrogen (secondary N) is 1. The first kappa shape index (κ1) is 20.1. The monoisotopic (exact) mass is 423 g/mol. The van der Waals surface area contributed by atoms with Gasteiger partial charge in [-0.15, -0.1) is 0 Å². The smallest absolute Gasteiger partial charge is 0.225 e. The van der Waals surface area contributed by atoms with E-state index >= 15 is 0 Å². The standard InChI is InChI=1S/C22H22ClN5O2/c1-15(16-6-8-19(9-7-16)28-14-24-13-25-28)26-22(30)18-10-21(29)27(12-18)11-17-4-2-3-5-20(17)23/h2-9,13-15,18H,10-12H2,1H3,(H,26,30)/t15-,18-/m1/s1. The van der Waals surface area contributed by atoms with Crippen molar-refractivity contribution in [2.75, 3.05) is 6.54 Å². The number of likely N-dealkylation sites (tertiary alicyclic amines) is 1. The Bertz CT molecular complexity index is 1040. The number of halogens is 1. The lowest BCUT2D eigenvalue weighted by molar-refractivity contribution is -0.129. The molecule has 2 amide bonds. The highest BCUT2D eigenvalue weighted by atomic mass is 35.5. The van der Waals surface area contributed by atoms with Crippen molar-refractivity contribution in [2.24, 2.45) is 5.92 Å². The normalized spacial score (nSPS) is 17.2. The molecule has 0 unspecified atom stereocenters. The molecule has 1 N–H and O–H groups in total. The second kappa shape index (κ2) is 8.67. The van der Waals surface area contributed by atoms with E-state index in [1.54, 1.807) is 22.0 Å². The second-order valence-corrected chi connectivity index (χ2v) is 7.84. The van der Waals surface area contributed by atoms with E-state index in [0.717, 1.165) is 16.8 Å². The lowest BCUT2D eigenvalue weighted by Crippen LogP contribution is -2.34. The van der Waals surface area contributed by atoms with Gasteiger partial charge in [-0.25, -0.2) is 9.67 Å². The van der Waals surface area contributed by atoms with Gasteiger partial charge in [0.15, 0.2) is 0 Å². The number of carbonyl (C=O) groups excluding carboxylic acids is 2. The first-order valence-electron chi connectivity index (χ1n) is 9.78. The maximum atomic E-state index is 12.8. The third-order valence-corrected chi connectivity index (χ3v) is 5.71. The van der Waals surface area contributed by atoms with Gasteiger partial charge in [-0.3, -0.25) is 9.59 Å². The van der Waals surface area contributed by atoms with Crippen LogP contribution in [0.4, 0.5) is 0 Å². The van der Waals surface area contributed by atoms with Gasteiger partial charge in [0, 0.05) is 24.5 Å². The molecule has 7 nitrogen and oxygen atoms in total. The number of aromatic nitrogens is 3. The molecule has 8 heteroatoms. The third kappa shape index (κ3) is 4.36. The Balaban J connectivity index is 1.35. The summed E-state index contributed by atoms with van der Waals surface area (Å²) in [6, 6.07) is 15.0. The van der Waals surface area contributed by atoms with Crippen molar-refractivity contribution < 1.29 is 9.59 Å². The molecule has 0 bridgehead atoms. The lowest BCUT2D eigenvalue weighted by Gasteiger charge is -2.19. The Morgan fingerprint density at radius 1 is 1.23 bits per heavy atom. The van der Waals surface area contributed by atoms with Gasteiger partial charge in [0.25, 0.3) is 0 Å². The van der Waals surface area contributed by atoms with E-state index in [0.29, 0.717) is 18.1 Å². The van der Waals surface area contributed by atoms with Crippen LogP contribution in [0, 0.1) is 5.92 Å². The summed E-state index contributed by atoms with van der Waals surface area (Å²) < 4.78 is 1.67. The minimum atomic E-state index is -0.364. The van der Waals surface area contributed by atoms with E-state index in [9.17, 15) is 9.59 Å². The predicted molar refractivity (Wildman–Crippen MR) is 113 cm³/mol. The highest BCUT2D eigenvalue weighted by molar-refractivity contribution is 6.31. The van der Waals surface area contributed by atoms with E-state index in [4.69, 9.17) is 11.6 Å². The van der Waals surface area contributed by atoms with Gasteiger partial charge >= 0.3 is 0 Å². The molecule has 1 aliphatic heterocycles. The Morgan fingerprint density at radius 3 is 2.70 bits per heavy atom. The van der Waals surface area contributed by atoms with Crippen molar-refractivity contribution in [3.05, 3.63) is 77.3 Å². The van der Waals surface area contributed by atoms with Gasteiger partial charge in [0.05, 0.1) is 17.6 Å². The van der Waals surface area contributed by atoms with Crippen LogP contribution in [0.15, 0.2) is 61.2 Å². The molecule has 0 radical (unpaired) electrons. The molecule has 0 saturated carbocycles. The average Bonchev–Trinajstić information content (AvgIpc) is 3.40. The van der Waals surface area contributed by atoms with Crippen molar-refractivity contribution in [3.8, 4) is 5.69 Å². The lowest BCUT2D eigenvalue weighted by atomic mass is 10.0. The van der Waals surface area contributed by atoms with E-state index in [1.165, 1.54) is 6.33 Å². The highest BCUT2D eigenvalue weighted by Gasteiger charge is 2.34. The molecule has 4 rings (SSSR count). The molecule has 1 fully saturated rings. The maximum absolute atomic E-state index is 12.8. The Kier molecular flexibility index (Phi) is 5.81. The maximum Gasteiger partial charge on any atom is 0.225 e. The van der Waals surface area contributed by atoms with E-state index in [1.807, 2.05) is 49.4 Å². The Hall–Kier alpha value is -3.19. The van der Waals surface area contributed by atoms with Crippen LogP contribution < -0.4 is 5.32 Å². The zero-order chi connectivity index (χ0) is 21.1. The number of nitrogens with zero attached hydrogens (tertiary/aromatic N) is 4. The summed E-state index contributed by atoms with van der Waals surface area (Å²) in [7, 11) is 0. The van der Waals surface area contributed by atoms with E-state index < -0.39 is 0 Å². The van der Waals surface area contributed by atoms with Crippen LogP contribution in [0.25, 0.3) is 5.69 Å². The molecule has 2 aromatic carbocycles. The highest BCUT2D eigenvalue weighted by Crippen LogP contribution is 2.24. The zero-order valence-electron chi connectivity index (χ0n) is 16.5. The van der Waals surface area contributed by atoms with Crippen molar-refractivity contribution in [1.29, 1.82) is 0 Å². The quantitative estimate of drug-likeness (QED) is 0.660. The minimum Gasteiger partial charge on any atom is -0.349 e. The summed E-state index contributed by atoms with van der Waals surface area (Å²) in [4.78, 5) is 30.8. The summed E-state index contributed by atoms with van der Waals surface area (Å²) in [5.41, 5.74) is 2.75. The molecule has 2 atom stereocenters. The largest absolute Gasteiger partial charge is 0.349 e. The van der Waals surface area contributed by atoms with Crippen LogP contribution >= 0.6 is 11.6 Å². The summed E-state index contributed by atoms with van der Waals surface area (Å²) in [6.07, 6.45) is 3.33. The molecule has 30 heavy (non-hydrogen) atoms. The number of benzene rings is 2. The number of carbonyl (C=O) groups is 2. The van der Waals surface area contributed by atoms with Gasteiger partial charge in [-0.05, 0) is 36.2 Å². The molecular weight excluding hydrogens is 402 g/mol. The van der Waals surface area contributed by atoms with Gasteiger partial charge < -0.3 is 10.2 Å². The van der Waals surface area contributed by atoms with Crippen LogP contribution in [0.5, 0.6) is 0 Å². The summed E-state index contributed by atoms with van der Waals surface area (Å²) in [6.45, 7) is 2.75. The van der Waals surface area contributed by atoms with Gasteiger partial charge in [0.2, 0.25) is 11.8 Å². The molecule has 154 valence electrons. The van der Waals surface area contributed by atoms with Gasteiger partial charge in [0.1, 0.15) is 12.7 Å². The fourth-order valence-corrected chi connectivity index (χ4v) is 3.80.